The molecule has 0 spiro atoms. The predicted molar refractivity (Wildman–Crippen MR) is 108 cm³/mol. The van der Waals surface area contributed by atoms with Crippen LogP contribution in [0.5, 0.6) is 0 Å². The molecule has 0 saturated carbocycles. The summed E-state index contributed by atoms with van der Waals surface area (Å²) < 4.78 is 16.2. The largest absolute Gasteiger partial charge is 0.353 e. The summed E-state index contributed by atoms with van der Waals surface area (Å²) in [7, 11) is 0. The highest BCUT2D eigenvalue weighted by molar-refractivity contribution is 5.90. The number of hydrogen-bond acceptors (Lipinski definition) is 5. The molecule has 3 heterocycles. The van der Waals surface area contributed by atoms with Gasteiger partial charge in [0, 0.05) is 31.2 Å². The van der Waals surface area contributed by atoms with Crippen molar-refractivity contribution in [3.05, 3.63) is 52.5 Å². The second kappa shape index (κ2) is 7.65. The van der Waals surface area contributed by atoms with Gasteiger partial charge in [0.2, 0.25) is 11.6 Å². The van der Waals surface area contributed by atoms with Crippen LogP contribution >= 0.6 is 0 Å². The number of amides is 1. The van der Waals surface area contributed by atoms with Crippen LogP contribution in [0.1, 0.15) is 25.3 Å². The van der Waals surface area contributed by atoms with E-state index in [0.29, 0.717) is 28.6 Å². The molecule has 9 heteroatoms. The van der Waals surface area contributed by atoms with Crippen molar-refractivity contribution in [1.82, 2.24) is 19.2 Å². The lowest BCUT2D eigenvalue weighted by Gasteiger charge is -2.31. The fourth-order valence-corrected chi connectivity index (χ4v) is 3.65. The molecular formula is C20H23FN6O2. The Kier molecular flexibility index (Phi) is 5.04. The first kappa shape index (κ1) is 19.1. The van der Waals surface area contributed by atoms with Gasteiger partial charge in [-0.1, -0.05) is 13.0 Å². The van der Waals surface area contributed by atoms with Gasteiger partial charge in [0.1, 0.15) is 12.4 Å². The highest BCUT2D eigenvalue weighted by Crippen LogP contribution is 2.23. The minimum atomic E-state index is -0.458. The monoisotopic (exact) mass is 398 g/mol. The molecule has 4 rings (SSSR count). The van der Waals surface area contributed by atoms with E-state index in [9.17, 15) is 14.0 Å². The number of halogens is 1. The molecule has 1 aliphatic rings. The summed E-state index contributed by atoms with van der Waals surface area (Å²) >= 11 is 0. The molecule has 1 unspecified atom stereocenters. The molecule has 152 valence electrons. The number of aryl methyl sites for hydroxylation is 1. The maximum Gasteiger partial charge on any atom is 0.350 e. The number of carbonyl (C=O) groups is 1. The maximum atomic E-state index is 13.7. The molecule has 1 aliphatic heterocycles. The fourth-order valence-electron chi connectivity index (χ4n) is 3.65. The van der Waals surface area contributed by atoms with Crippen molar-refractivity contribution >= 4 is 23.1 Å². The van der Waals surface area contributed by atoms with Crippen molar-refractivity contribution in [2.45, 2.75) is 33.2 Å². The first-order chi connectivity index (χ1) is 13.9. The van der Waals surface area contributed by atoms with Gasteiger partial charge in [0.25, 0.3) is 0 Å². The first-order valence-electron chi connectivity index (χ1n) is 9.67. The van der Waals surface area contributed by atoms with Crippen molar-refractivity contribution in [2.75, 3.05) is 23.3 Å². The lowest BCUT2D eigenvalue weighted by atomic mass is 10.0. The van der Waals surface area contributed by atoms with Crippen LogP contribution in [0, 0.1) is 18.7 Å². The Morgan fingerprint density at radius 1 is 1.38 bits per heavy atom. The number of carbonyl (C=O) groups excluding carboxylic acids is 1. The Balaban J connectivity index is 1.58. The van der Waals surface area contributed by atoms with Crippen LogP contribution in [-0.4, -0.2) is 38.2 Å². The molecule has 1 amide bonds. The lowest BCUT2D eigenvalue weighted by molar-refractivity contribution is -0.117. The quantitative estimate of drug-likeness (QED) is 0.728. The Morgan fingerprint density at radius 3 is 2.97 bits per heavy atom. The summed E-state index contributed by atoms with van der Waals surface area (Å²) in [4.78, 5) is 31.6. The zero-order chi connectivity index (χ0) is 20.5. The van der Waals surface area contributed by atoms with E-state index in [4.69, 9.17) is 0 Å². The van der Waals surface area contributed by atoms with E-state index in [1.54, 1.807) is 31.5 Å². The van der Waals surface area contributed by atoms with Gasteiger partial charge >= 0.3 is 5.69 Å². The Bertz CT molecular complexity index is 1120. The van der Waals surface area contributed by atoms with Crippen LogP contribution in [0.2, 0.25) is 0 Å². The van der Waals surface area contributed by atoms with Crippen LogP contribution in [0.4, 0.5) is 15.9 Å². The molecule has 29 heavy (non-hydrogen) atoms. The zero-order valence-electron chi connectivity index (χ0n) is 16.4. The average Bonchev–Trinajstić information content (AvgIpc) is 3.00. The van der Waals surface area contributed by atoms with Crippen molar-refractivity contribution in [1.29, 1.82) is 0 Å². The third kappa shape index (κ3) is 3.85. The van der Waals surface area contributed by atoms with Gasteiger partial charge in [0.05, 0.1) is 0 Å². The van der Waals surface area contributed by atoms with E-state index in [1.807, 2.05) is 0 Å². The number of nitrogens with zero attached hydrogens (tertiary/aromatic N) is 5. The molecule has 2 aromatic heterocycles. The van der Waals surface area contributed by atoms with Crippen molar-refractivity contribution in [3.8, 4) is 0 Å². The highest BCUT2D eigenvalue weighted by atomic mass is 19.1. The summed E-state index contributed by atoms with van der Waals surface area (Å²) in [6, 6.07) is 4.45. The lowest BCUT2D eigenvalue weighted by Crippen LogP contribution is -2.35. The molecule has 3 aromatic rings. The second-order valence-corrected chi connectivity index (χ2v) is 7.59. The first-order valence-corrected chi connectivity index (χ1v) is 9.67. The number of rotatable bonds is 4. The topological polar surface area (TPSA) is 84.5 Å². The van der Waals surface area contributed by atoms with Crippen molar-refractivity contribution in [3.63, 3.8) is 0 Å². The Labute approximate surface area is 167 Å². The van der Waals surface area contributed by atoms with Gasteiger partial charge in [-0.05, 0) is 43.4 Å². The summed E-state index contributed by atoms with van der Waals surface area (Å²) in [6.07, 6.45) is 5.35. The van der Waals surface area contributed by atoms with Gasteiger partial charge in [-0.25, -0.2) is 23.3 Å². The predicted octanol–water partition coefficient (Wildman–Crippen LogP) is 2.21. The van der Waals surface area contributed by atoms with E-state index in [0.717, 1.165) is 24.2 Å². The highest BCUT2D eigenvalue weighted by Gasteiger charge is 2.22. The van der Waals surface area contributed by atoms with Gasteiger partial charge in [0.15, 0.2) is 5.82 Å². The minimum absolute atomic E-state index is 0.272. The van der Waals surface area contributed by atoms with Crippen LogP contribution in [0.25, 0.3) is 5.65 Å². The molecule has 1 fully saturated rings. The van der Waals surface area contributed by atoms with E-state index in [2.05, 4.69) is 27.2 Å². The van der Waals surface area contributed by atoms with Gasteiger partial charge in [-0.3, -0.25) is 4.79 Å². The van der Waals surface area contributed by atoms with Crippen LogP contribution in [-0.2, 0) is 11.3 Å². The van der Waals surface area contributed by atoms with Crippen LogP contribution in [0.3, 0.4) is 0 Å². The minimum Gasteiger partial charge on any atom is -0.353 e. The van der Waals surface area contributed by atoms with Crippen molar-refractivity contribution in [2.24, 2.45) is 5.92 Å². The molecule has 1 N–H and O–H groups in total. The van der Waals surface area contributed by atoms with E-state index in [-0.39, 0.29) is 6.54 Å². The number of hydrogen-bond donors (Lipinski definition) is 1. The third-order valence-corrected chi connectivity index (χ3v) is 5.19. The number of benzene rings is 1. The molecule has 1 aromatic carbocycles. The number of nitrogens with one attached hydrogen (secondary N) is 1. The molecule has 0 aliphatic carbocycles. The molecular weight excluding hydrogens is 375 g/mol. The van der Waals surface area contributed by atoms with Crippen molar-refractivity contribution < 1.29 is 9.18 Å². The summed E-state index contributed by atoms with van der Waals surface area (Å²) in [5, 5.41) is 6.95. The Morgan fingerprint density at radius 2 is 2.21 bits per heavy atom. The van der Waals surface area contributed by atoms with E-state index >= 15 is 0 Å². The molecule has 1 saturated heterocycles. The molecule has 0 radical (unpaired) electrons. The maximum absolute atomic E-state index is 13.7. The van der Waals surface area contributed by atoms with Gasteiger partial charge < -0.3 is 10.2 Å². The van der Waals surface area contributed by atoms with Crippen LogP contribution in [0.15, 0.2) is 35.4 Å². The Hall–Kier alpha value is -3.23. The zero-order valence-corrected chi connectivity index (χ0v) is 16.4. The number of anilines is 2. The molecule has 8 nitrogen and oxygen atoms in total. The SMILES string of the molecule is Cc1ccc(NC(=O)Cn2nc3c(N4CCCC(C)C4)nccn3c2=O)cc1F. The second-order valence-electron chi connectivity index (χ2n) is 7.59. The van der Waals surface area contributed by atoms with E-state index in [1.165, 1.54) is 16.9 Å². The molecule has 1 atom stereocenters. The number of aromatic nitrogens is 4. The van der Waals surface area contributed by atoms with Crippen LogP contribution < -0.4 is 15.9 Å². The molecule has 0 bridgehead atoms. The number of piperidine rings is 1. The van der Waals surface area contributed by atoms with Gasteiger partial charge in [-0.2, -0.15) is 0 Å². The summed E-state index contributed by atoms with van der Waals surface area (Å²) in [5.74, 6) is 0.329. The van der Waals surface area contributed by atoms with E-state index < -0.39 is 17.4 Å². The average molecular weight is 398 g/mol. The van der Waals surface area contributed by atoms with Gasteiger partial charge in [-0.15, -0.1) is 5.10 Å². The smallest absolute Gasteiger partial charge is 0.350 e. The summed E-state index contributed by atoms with van der Waals surface area (Å²) in [5.41, 5.74) is 0.839. The third-order valence-electron chi connectivity index (χ3n) is 5.19. The standard InChI is InChI=1S/C20H23FN6O2/c1-13-4-3-8-25(11-13)18-19-24-27(20(29)26(19)9-7-22-18)12-17(28)23-15-6-5-14(2)16(21)10-15/h5-7,9-10,13H,3-4,8,11-12H2,1-2H3,(H,23,28). The normalized spacial score (nSPS) is 16.9. The summed E-state index contributed by atoms with van der Waals surface area (Å²) in [6.45, 7) is 5.28. The number of fused-ring (bicyclic) bond motifs is 1. The fraction of sp³-hybridized carbons (Fsp3) is 0.400.